The number of nitrogens with zero attached hydrogens (tertiary/aromatic N) is 2. The summed E-state index contributed by atoms with van der Waals surface area (Å²) in [6.07, 6.45) is 2.90. The smallest absolute Gasteiger partial charge is 0.254 e. The SMILES string of the molecule is Cc1cccc(NC(=O)C2CCN(S(=O)(=O)c3cc(C(=O)N4CCC(C)CC4)cs3)CC2)c1C. The van der Waals surface area contributed by atoms with Crippen LogP contribution in [0.1, 0.15) is 54.1 Å². The molecule has 4 rings (SSSR count). The number of piperidine rings is 2. The zero-order valence-electron chi connectivity index (χ0n) is 20.0. The highest BCUT2D eigenvalue weighted by Gasteiger charge is 2.34. The third-order valence-corrected chi connectivity index (χ3v) is 10.5. The summed E-state index contributed by atoms with van der Waals surface area (Å²) in [5, 5.41) is 4.66. The van der Waals surface area contributed by atoms with Gasteiger partial charge in [0.25, 0.3) is 15.9 Å². The van der Waals surface area contributed by atoms with Gasteiger partial charge in [-0.15, -0.1) is 11.3 Å². The van der Waals surface area contributed by atoms with E-state index in [1.54, 1.807) is 5.38 Å². The predicted octanol–water partition coefficient (Wildman–Crippen LogP) is 4.28. The number of hydrogen-bond acceptors (Lipinski definition) is 5. The van der Waals surface area contributed by atoms with Gasteiger partial charge in [-0.1, -0.05) is 19.1 Å². The number of carbonyl (C=O) groups excluding carboxylic acids is 2. The molecule has 0 atom stereocenters. The van der Waals surface area contributed by atoms with E-state index in [-0.39, 0.29) is 21.9 Å². The molecule has 0 aliphatic carbocycles. The number of anilines is 1. The van der Waals surface area contributed by atoms with E-state index < -0.39 is 10.0 Å². The highest BCUT2D eigenvalue weighted by Crippen LogP contribution is 2.30. The van der Waals surface area contributed by atoms with E-state index in [2.05, 4.69) is 12.2 Å². The molecule has 1 N–H and O–H groups in total. The third kappa shape index (κ3) is 5.21. The molecule has 0 saturated carbocycles. The fourth-order valence-corrected chi connectivity index (χ4v) is 7.34. The van der Waals surface area contributed by atoms with Gasteiger partial charge in [-0.3, -0.25) is 9.59 Å². The molecule has 0 radical (unpaired) electrons. The number of amides is 2. The molecule has 9 heteroatoms. The average molecular weight is 504 g/mol. The maximum Gasteiger partial charge on any atom is 0.254 e. The summed E-state index contributed by atoms with van der Waals surface area (Å²) >= 11 is 1.10. The van der Waals surface area contributed by atoms with E-state index >= 15 is 0 Å². The molecule has 1 aromatic carbocycles. The first-order valence-corrected chi connectivity index (χ1v) is 14.2. The second-order valence-corrected chi connectivity index (χ2v) is 12.6. The number of aryl methyl sites for hydroxylation is 1. The molecule has 3 heterocycles. The van der Waals surface area contributed by atoms with Gasteiger partial charge in [0, 0.05) is 43.2 Å². The molecule has 0 unspecified atom stereocenters. The summed E-state index contributed by atoms with van der Waals surface area (Å²) in [4.78, 5) is 27.4. The maximum atomic E-state index is 13.2. The number of hydrogen-bond donors (Lipinski definition) is 1. The van der Waals surface area contributed by atoms with Crippen molar-refractivity contribution in [2.75, 3.05) is 31.5 Å². The fourth-order valence-electron chi connectivity index (χ4n) is 4.57. The van der Waals surface area contributed by atoms with E-state index in [1.165, 1.54) is 10.4 Å². The number of thiophene rings is 1. The molecule has 34 heavy (non-hydrogen) atoms. The van der Waals surface area contributed by atoms with Gasteiger partial charge in [0.2, 0.25) is 5.91 Å². The van der Waals surface area contributed by atoms with Crippen LogP contribution in [-0.4, -0.2) is 55.6 Å². The molecule has 1 aromatic heterocycles. The molecule has 2 aliphatic heterocycles. The van der Waals surface area contributed by atoms with Crippen LogP contribution in [0.25, 0.3) is 0 Å². The van der Waals surface area contributed by atoms with Gasteiger partial charge in [0.05, 0.1) is 5.56 Å². The van der Waals surface area contributed by atoms with Gasteiger partial charge >= 0.3 is 0 Å². The highest BCUT2D eigenvalue weighted by atomic mass is 32.2. The number of benzene rings is 1. The largest absolute Gasteiger partial charge is 0.339 e. The Hall–Kier alpha value is -2.23. The lowest BCUT2D eigenvalue weighted by molar-refractivity contribution is -0.120. The van der Waals surface area contributed by atoms with E-state index in [0.717, 1.165) is 54.1 Å². The Kier molecular flexibility index (Phi) is 7.45. The Balaban J connectivity index is 1.36. The van der Waals surface area contributed by atoms with Crippen LogP contribution < -0.4 is 5.32 Å². The van der Waals surface area contributed by atoms with Crippen LogP contribution in [0.2, 0.25) is 0 Å². The molecule has 2 aromatic rings. The zero-order valence-corrected chi connectivity index (χ0v) is 21.7. The molecule has 0 bridgehead atoms. The van der Waals surface area contributed by atoms with E-state index in [4.69, 9.17) is 0 Å². The predicted molar refractivity (Wildman–Crippen MR) is 135 cm³/mol. The minimum absolute atomic E-state index is 0.0643. The van der Waals surface area contributed by atoms with Crippen molar-refractivity contribution in [1.82, 2.24) is 9.21 Å². The zero-order chi connectivity index (χ0) is 24.5. The van der Waals surface area contributed by atoms with Crippen molar-refractivity contribution in [2.45, 2.75) is 50.7 Å². The summed E-state index contributed by atoms with van der Waals surface area (Å²) in [7, 11) is -3.69. The molecule has 2 amide bonds. The average Bonchev–Trinajstić information content (AvgIpc) is 3.33. The quantitative estimate of drug-likeness (QED) is 0.660. The van der Waals surface area contributed by atoms with Crippen molar-refractivity contribution in [3.05, 3.63) is 46.3 Å². The Morgan fingerprint density at radius 2 is 1.71 bits per heavy atom. The standard InChI is InChI=1S/C25H33N3O4S2/c1-17-7-11-27(12-8-17)25(30)21-15-23(33-16-21)34(31,32)28-13-9-20(10-14-28)24(29)26-22-6-4-5-18(2)19(22)3/h4-6,15-17,20H,7-14H2,1-3H3,(H,26,29). The van der Waals surface area contributed by atoms with Gasteiger partial charge in [-0.25, -0.2) is 8.42 Å². The summed E-state index contributed by atoms with van der Waals surface area (Å²) in [6, 6.07) is 7.32. The van der Waals surface area contributed by atoms with Crippen LogP contribution in [0.15, 0.2) is 33.9 Å². The minimum atomic E-state index is -3.69. The summed E-state index contributed by atoms with van der Waals surface area (Å²) < 4.78 is 28.0. The molecular formula is C25H33N3O4S2. The van der Waals surface area contributed by atoms with Crippen LogP contribution in [0.3, 0.4) is 0 Å². The van der Waals surface area contributed by atoms with Crippen molar-refractivity contribution < 1.29 is 18.0 Å². The lowest BCUT2D eigenvalue weighted by Crippen LogP contribution is -2.41. The molecule has 7 nitrogen and oxygen atoms in total. The van der Waals surface area contributed by atoms with Gasteiger partial charge in [-0.2, -0.15) is 4.31 Å². The van der Waals surface area contributed by atoms with Crippen LogP contribution in [0.4, 0.5) is 5.69 Å². The van der Waals surface area contributed by atoms with E-state index in [1.807, 2.05) is 36.9 Å². The highest BCUT2D eigenvalue weighted by molar-refractivity contribution is 7.91. The second kappa shape index (κ2) is 10.2. The van der Waals surface area contributed by atoms with Gasteiger partial charge in [0.15, 0.2) is 0 Å². The number of likely N-dealkylation sites (tertiary alicyclic amines) is 1. The Bertz CT molecular complexity index is 1160. The molecule has 184 valence electrons. The lowest BCUT2D eigenvalue weighted by Gasteiger charge is -2.30. The first-order chi connectivity index (χ1) is 16.2. The first kappa shape index (κ1) is 24.9. The summed E-state index contributed by atoms with van der Waals surface area (Å²) in [6.45, 7) is 8.19. The fraction of sp³-hybridized carbons (Fsp3) is 0.520. The normalized spacial score (nSPS) is 18.7. The summed E-state index contributed by atoms with van der Waals surface area (Å²) in [5.74, 6) is 0.235. The van der Waals surface area contributed by atoms with Gasteiger partial charge < -0.3 is 10.2 Å². The molecule has 0 spiro atoms. The van der Waals surface area contributed by atoms with Crippen LogP contribution in [0, 0.1) is 25.7 Å². The Labute approximate surface area is 206 Å². The van der Waals surface area contributed by atoms with Gasteiger partial charge in [-0.05, 0) is 68.7 Å². The number of nitrogens with one attached hydrogen (secondary N) is 1. The van der Waals surface area contributed by atoms with Crippen molar-refractivity contribution in [3.63, 3.8) is 0 Å². The van der Waals surface area contributed by atoms with Gasteiger partial charge in [0.1, 0.15) is 4.21 Å². The summed E-state index contributed by atoms with van der Waals surface area (Å²) in [5.41, 5.74) is 3.40. The van der Waals surface area contributed by atoms with Crippen molar-refractivity contribution in [2.24, 2.45) is 11.8 Å². The number of rotatable bonds is 5. The Morgan fingerprint density at radius 1 is 1.03 bits per heavy atom. The number of sulfonamides is 1. The monoisotopic (exact) mass is 503 g/mol. The maximum absolute atomic E-state index is 13.2. The van der Waals surface area contributed by atoms with Crippen LogP contribution in [-0.2, 0) is 14.8 Å². The van der Waals surface area contributed by atoms with E-state index in [0.29, 0.717) is 37.4 Å². The molecule has 2 saturated heterocycles. The van der Waals surface area contributed by atoms with E-state index in [9.17, 15) is 18.0 Å². The molecule has 2 fully saturated rings. The lowest BCUT2D eigenvalue weighted by atomic mass is 9.97. The first-order valence-electron chi connectivity index (χ1n) is 11.9. The topological polar surface area (TPSA) is 86.8 Å². The second-order valence-electron chi connectivity index (χ2n) is 9.54. The minimum Gasteiger partial charge on any atom is -0.339 e. The third-order valence-electron chi connectivity index (χ3n) is 7.17. The Morgan fingerprint density at radius 3 is 2.38 bits per heavy atom. The molecular weight excluding hydrogens is 470 g/mol. The molecule has 2 aliphatic rings. The van der Waals surface area contributed by atoms with Crippen LogP contribution in [0.5, 0.6) is 0 Å². The van der Waals surface area contributed by atoms with Crippen molar-refractivity contribution in [3.8, 4) is 0 Å². The van der Waals surface area contributed by atoms with Crippen molar-refractivity contribution >= 4 is 38.9 Å². The van der Waals surface area contributed by atoms with Crippen LogP contribution >= 0.6 is 11.3 Å². The van der Waals surface area contributed by atoms with Crippen molar-refractivity contribution in [1.29, 1.82) is 0 Å². The number of carbonyl (C=O) groups is 2.